The average molecular weight is 790 g/mol. The first-order chi connectivity index (χ1) is 29.2. The van der Waals surface area contributed by atoms with Crippen molar-refractivity contribution in [3.05, 3.63) is 164 Å². The number of fused-ring (bicyclic) bond motifs is 17. The Labute approximate surface area is 342 Å². The fourth-order valence-corrected chi connectivity index (χ4v) is 11.9. The van der Waals surface area contributed by atoms with E-state index in [1.807, 2.05) is 40.9 Å². The number of para-hydroxylation sites is 3. The number of nitrogens with zero attached hydrogens (tertiary/aromatic N) is 5. The summed E-state index contributed by atoms with van der Waals surface area (Å²) in [5.74, 6) is 1.71. The Bertz CT molecular complexity index is 3900. The predicted octanol–water partition coefficient (Wildman–Crippen LogP) is 14.4. The summed E-state index contributed by atoms with van der Waals surface area (Å²) in [6.07, 6.45) is 0. The summed E-state index contributed by atoms with van der Waals surface area (Å²) in [6, 6.07) is 58.1. The molecular weight excluding hydrogens is 763 g/mol. The Morgan fingerprint density at radius 1 is 0.373 bits per heavy atom. The molecule has 0 amide bonds. The van der Waals surface area contributed by atoms with Gasteiger partial charge in [-0.3, -0.25) is 9.13 Å². The first-order valence-corrected chi connectivity index (χ1v) is 21.2. The van der Waals surface area contributed by atoms with Crippen molar-refractivity contribution in [3.63, 3.8) is 0 Å². The van der Waals surface area contributed by atoms with Gasteiger partial charge in [0.15, 0.2) is 5.82 Å². The molecule has 0 aliphatic carbocycles. The van der Waals surface area contributed by atoms with Gasteiger partial charge in [0.2, 0.25) is 11.9 Å². The molecule has 0 aliphatic heterocycles. The highest BCUT2D eigenvalue weighted by molar-refractivity contribution is 7.27. The Morgan fingerprint density at radius 2 is 0.847 bits per heavy atom. The fraction of sp³-hybridized carbons (Fsp3) is 0. The first-order valence-electron chi connectivity index (χ1n) is 19.6. The van der Waals surface area contributed by atoms with Gasteiger partial charge in [0.05, 0.1) is 31.5 Å². The highest BCUT2D eigenvalue weighted by atomic mass is 32.1. The predicted molar refractivity (Wildman–Crippen MR) is 247 cm³/mol. The summed E-state index contributed by atoms with van der Waals surface area (Å²) in [5.41, 5.74) is 6.84. The first kappa shape index (κ1) is 31.7. The Hall–Kier alpha value is -7.39. The number of aromatic nitrogens is 5. The molecule has 0 N–H and O–H groups in total. The molecule has 0 saturated heterocycles. The van der Waals surface area contributed by atoms with E-state index in [-0.39, 0.29) is 0 Å². The standard InChI is InChI=1S/C51H27N5OS2/c1-6-16-39-29(11-1)34-22-24-36-32-14-4-9-19-43(32)58-47(36)45(34)55(39)50-52-49(28-21-26-42-38(27-28)31-13-3-8-18-41(31)57-42)53-51(54-50)56-40-17-7-2-12-30(40)35-23-25-37-33-15-5-10-20-44(33)59-48(37)46(35)56/h1-27H. The second-order valence-corrected chi connectivity index (χ2v) is 17.3. The molecule has 0 radical (unpaired) electrons. The molecule has 14 rings (SSSR count). The monoisotopic (exact) mass is 789 g/mol. The number of rotatable bonds is 3. The molecule has 59 heavy (non-hydrogen) atoms. The molecule has 6 nitrogen and oxygen atoms in total. The van der Waals surface area contributed by atoms with Crippen LogP contribution in [0.15, 0.2) is 168 Å². The number of hydrogen-bond acceptors (Lipinski definition) is 6. The SMILES string of the molecule is c1ccc2c(c1)oc1ccc(-c3nc(-n4c5ccccc5c5ccc6c7ccccc7sc6c54)nc(-n4c5ccccc5c5ccc6c7ccccc7sc6c54)n3)cc12. The van der Waals surface area contributed by atoms with Gasteiger partial charge < -0.3 is 4.42 Å². The zero-order chi connectivity index (χ0) is 38.3. The maximum absolute atomic E-state index is 6.27. The molecule has 6 heterocycles. The summed E-state index contributed by atoms with van der Waals surface area (Å²) in [4.78, 5) is 16.5. The minimum atomic E-state index is 0.563. The van der Waals surface area contributed by atoms with Gasteiger partial charge in [0.25, 0.3) is 0 Å². The molecule has 0 bridgehead atoms. The van der Waals surface area contributed by atoms with Crippen LogP contribution in [0.3, 0.4) is 0 Å². The van der Waals surface area contributed by atoms with Crippen LogP contribution in [0.2, 0.25) is 0 Å². The molecule has 8 heteroatoms. The van der Waals surface area contributed by atoms with Crippen molar-refractivity contribution in [1.29, 1.82) is 0 Å². The zero-order valence-corrected chi connectivity index (χ0v) is 32.7. The normalized spacial score (nSPS) is 12.4. The third kappa shape index (κ3) is 4.31. The Kier molecular flexibility index (Phi) is 6.23. The molecule has 14 aromatic rings. The zero-order valence-electron chi connectivity index (χ0n) is 31.0. The molecule has 0 fully saturated rings. The van der Waals surface area contributed by atoms with Gasteiger partial charge in [-0.2, -0.15) is 15.0 Å². The van der Waals surface area contributed by atoms with Crippen molar-refractivity contribution in [2.24, 2.45) is 0 Å². The maximum atomic E-state index is 6.27. The molecule has 0 spiro atoms. The lowest BCUT2D eigenvalue weighted by molar-refractivity contribution is 0.669. The molecule has 8 aromatic carbocycles. The molecule has 6 aromatic heterocycles. The number of benzene rings is 8. The van der Waals surface area contributed by atoms with E-state index in [0.29, 0.717) is 17.7 Å². The van der Waals surface area contributed by atoms with Crippen molar-refractivity contribution in [1.82, 2.24) is 24.1 Å². The maximum Gasteiger partial charge on any atom is 0.240 e. The summed E-state index contributed by atoms with van der Waals surface area (Å²) in [6.45, 7) is 0. The molecule has 0 atom stereocenters. The van der Waals surface area contributed by atoms with Crippen LogP contribution in [0, 0.1) is 0 Å². The smallest absolute Gasteiger partial charge is 0.240 e. The van der Waals surface area contributed by atoms with Gasteiger partial charge in [-0.25, -0.2) is 0 Å². The third-order valence-corrected chi connectivity index (χ3v) is 14.4. The van der Waals surface area contributed by atoms with E-state index in [0.717, 1.165) is 60.3 Å². The van der Waals surface area contributed by atoms with Gasteiger partial charge in [-0.1, -0.05) is 115 Å². The van der Waals surface area contributed by atoms with Crippen LogP contribution in [0.1, 0.15) is 0 Å². The second kappa shape index (κ2) is 11.6. The van der Waals surface area contributed by atoms with Gasteiger partial charge in [-0.05, 0) is 48.5 Å². The molecule has 0 aliphatic rings. The summed E-state index contributed by atoms with van der Waals surface area (Å²) >= 11 is 3.64. The molecule has 0 unspecified atom stereocenters. The fourth-order valence-electron chi connectivity index (χ4n) is 9.43. The van der Waals surface area contributed by atoms with Crippen molar-refractivity contribution in [3.8, 4) is 23.3 Å². The van der Waals surface area contributed by atoms with Gasteiger partial charge in [-0.15, -0.1) is 22.7 Å². The molecular formula is C51H27N5OS2. The minimum Gasteiger partial charge on any atom is -0.456 e. The van der Waals surface area contributed by atoms with Crippen LogP contribution in [0.5, 0.6) is 0 Å². The third-order valence-electron chi connectivity index (χ3n) is 12.0. The number of furan rings is 1. The van der Waals surface area contributed by atoms with Crippen LogP contribution < -0.4 is 0 Å². The van der Waals surface area contributed by atoms with E-state index in [4.69, 9.17) is 19.4 Å². The average Bonchev–Trinajstić information content (AvgIpc) is 4.10. The van der Waals surface area contributed by atoms with Crippen LogP contribution in [-0.4, -0.2) is 24.1 Å². The van der Waals surface area contributed by atoms with Crippen molar-refractivity contribution < 1.29 is 4.42 Å². The van der Waals surface area contributed by atoms with Gasteiger partial charge >= 0.3 is 0 Å². The largest absolute Gasteiger partial charge is 0.456 e. The lowest BCUT2D eigenvalue weighted by atomic mass is 10.1. The van der Waals surface area contributed by atoms with E-state index < -0.39 is 0 Å². The number of hydrogen-bond donors (Lipinski definition) is 0. The van der Waals surface area contributed by atoms with Crippen LogP contribution in [0.4, 0.5) is 0 Å². The van der Waals surface area contributed by atoms with Gasteiger partial charge in [0.1, 0.15) is 11.2 Å². The minimum absolute atomic E-state index is 0.563. The highest BCUT2D eigenvalue weighted by Gasteiger charge is 2.24. The van der Waals surface area contributed by atoms with E-state index >= 15 is 0 Å². The topological polar surface area (TPSA) is 61.7 Å². The Balaban J connectivity index is 1.15. The van der Waals surface area contributed by atoms with Gasteiger partial charge in [0, 0.05) is 68.8 Å². The quantitative estimate of drug-likeness (QED) is 0.179. The lowest BCUT2D eigenvalue weighted by Gasteiger charge is -2.13. The van der Waals surface area contributed by atoms with Crippen LogP contribution in [0.25, 0.3) is 129 Å². The van der Waals surface area contributed by atoms with Crippen molar-refractivity contribution in [2.75, 3.05) is 0 Å². The van der Waals surface area contributed by atoms with Crippen molar-refractivity contribution in [2.45, 2.75) is 0 Å². The summed E-state index contributed by atoms with van der Waals surface area (Å²) < 4.78 is 15.7. The van der Waals surface area contributed by atoms with Crippen LogP contribution >= 0.6 is 22.7 Å². The van der Waals surface area contributed by atoms with Crippen LogP contribution in [-0.2, 0) is 0 Å². The van der Waals surface area contributed by atoms with E-state index in [2.05, 4.69) is 155 Å². The molecule has 0 saturated carbocycles. The van der Waals surface area contributed by atoms with Crippen molar-refractivity contribution >= 4 is 129 Å². The summed E-state index contributed by atoms with van der Waals surface area (Å²) in [5, 5.41) is 11.7. The Morgan fingerprint density at radius 3 is 1.44 bits per heavy atom. The summed E-state index contributed by atoms with van der Waals surface area (Å²) in [7, 11) is 0. The van der Waals surface area contributed by atoms with E-state index in [1.54, 1.807) is 0 Å². The lowest BCUT2D eigenvalue weighted by Crippen LogP contribution is -2.10. The second-order valence-electron chi connectivity index (χ2n) is 15.1. The molecule has 274 valence electrons. The van der Waals surface area contributed by atoms with E-state index in [1.165, 1.54) is 51.1 Å². The highest BCUT2D eigenvalue weighted by Crippen LogP contribution is 2.45. The van der Waals surface area contributed by atoms with E-state index in [9.17, 15) is 0 Å². The number of thiophene rings is 2.